The van der Waals surface area contributed by atoms with Crippen molar-refractivity contribution in [3.8, 4) is 11.3 Å². The van der Waals surface area contributed by atoms with E-state index in [1.54, 1.807) is 18.6 Å². The number of hydrogen-bond donors (Lipinski definition) is 2. The van der Waals surface area contributed by atoms with Gasteiger partial charge >= 0.3 is 0 Å². The highest BCUT2D eigenvalue weighted by molar-refractivity contribution is 5.80. The molecule has 0 spiro atoms. The quantitative estimate of drug-likeness (QED) is 0.335. The molecule has 0 aliphatic rings. The molecule has 3 heterocycles. The fourth-order valence-electron chi connectivity index (χ4n) is 4.18. The van der Waals surface area contributed by atoms with Gasteiger partial charge in [-0.15, -0.1) is 0 Å². The number of nitrogens with zero attached hydrogens (tertiary/aromatic N) is 3. The molecule has 0 fully saturated rings. The fourth-order valence-corrected chi connectivity index (χ4v) is 4.18. The lowest BCUT2D eigenvalue weighted by atomic mass is 10.1. The van der Waals surface area contributed by atoms with E-state index in [2.05, 4.69) is 20.3 Å². The summed E-state index contributed by atoms with van der Waals surface area (Å²) in [6.45, 7) is 0.0581. The van der Waals surface area contributed by atoms with E-state index in [1.807, 2.05) is 42.5 Å². The van der Waals surface area contributed by atoms with Crippen LogP contribution in [0, 0.1) is 11.6 Å². The minimum absolute atomic E-state index is 0.203. The van der Waals surface area contributed by atoms with Crippen LogP contribution in [0.3, 0.4) is 0 Å². The summed E-state index contributed by atoms with van der Waals surface area (Å²) in [6, 6.07) is 16.6. The van der Waals surface area contributed by atoms with Crippen molar-refractivity contribution in [3.63, 3.8) is 0 Å². The molecule has 186 valence electrons. The maximum Gasteiger partial charge on any atom is 0.273 e. The van der Waals surface area contributed by atoms with E-state index in [4.69, 9.17) is 0 Å². The van der Waals surface area contributed by atoms with Crippen LogP contribution < -0.4 is 10.9 Å². The second kappa shape index (κ2) is 10.5. The average molecular weight is 500 g/mol. The standard InChI is InChI=1S/C28H23F2N5O2/c29-22-8-6-18(12-23(22)30)7-9-25-28(37)35(26(16-32-25)19-4-2-1-3-5-19)17-27(36)33-15-21-13-20-14-31-11-10-24(20)34-21/h1-6,8,10-14,16,34H,7,9,15,17H2,(H,33,36). The van der Waals surface area contributed by atoms with Crippen molar-refractivity contribution >= 4 is 16.8 Å². The van der Waals surface area contributed by atoms with Crippen molar-refractivity contribution in [3.05, 3.63) is 118 Å². The van der Waals surface area contributed by atoms with Gasteiger partial charge < -0.3 is 10.3 Å². The van der Waals surface area contributed by atoms with E-state index < -0.39 is 17.2 Å². The number of aromatic nitrogens is 4. The van der Waals surface area contributed by atoms with Crippen LogP contribution in [0.5, 0.6) is 0 Å². The zero-order valence-electron chi connectivity index (χ0n) is 19.7. The van der Waals surface area contributed by atoms with Gasteiger partial charge in [-0.3, -0.25) is 24.1 Å². The third-order valence-electron chi connectivity index (χ3n) is 6.08. The highest BCUT2D eigenvalue weighted by Gasteiger charge is 2.16. The SMILES string of the molecule is O=C(Cn1c(-c2ccccc2)cnc(CCc2ccc(F)c(F)c2)c1=O)NCc1cc2cnccc2[nH]1. The van der Waals surface area contributed by atoms with Gasteiger partial charge in [-0.25, -0.2) is 8.78 Å². The number of benzene rings is 2. The Morgan fingerprint density at radius 1 is 0.973 bits per heavy atom. The van der Waals surface area contributed by atoms with Gasteiger partial charge in [0.1, 0.15) is 12.2 Å². The van der Waals surface area contributed by atoms with Gasteiger partial charge in [0, 0.05) is 29.0 Å². The van der Waals surface area contributed by atoms with E-state index in [0.29, 0.717) is 17.7 Å². The van der Waals surface area contributed by atoms with Crippen LogP contribution in [-0.4, -0.2) is 25.4 Å². The number of H-pyrrole nitrogens is 1. The molecule has 5 rings (SSSR count). The number of nitrogens with one attached hydrogen (secondary N) is 2. The first-order valence-corrected chi connectivity index (χ1v) is 11.7. The Balaban J connectivity index is 1.37. The molecule has 0 radical (unpaired) electrons. The van der Waals surface area contributed by atoms with E-state index in [0.717, 1.165) is 34.3 Å². The lowest BCUT2D eigenvalue weighted by Crippen LogP contribution is -2.34. The molecule has 0 unspecified atom stereocenters. The molecule has 5 aromatic rings. The van der Waals surface area contributed by atoms with Crippen LogP contribution in [0.4, 0.5) is 8.78 Å². The minimum atomic E-state index is -0.940. The van der Waals surface area contributed by atoms with Crippen molar-refractivity contribution in [2.75, 3.05) is 0 Å². The average Bonchev–Trinajstić information content (AvgIpc) is 3.33. The van der Waals surface area contributed by atoms with Gasteiger partial charge in [-0.2, -0.15) is 0 Å². The van der Waals surface area contributed by atoms with Crippen molar-refractivity contribution < 1.29 is 13.6 Å². The van der Waals surface area contributed by atoms with Crippen LogP contribution in [0.1, 0.15) is 17.0 Å². The Hall–Kier alpha value is -4.66. The zero-order chi connectivity index (χ0) is 25.8. The van der Waals surface area contributed by atoms with E-state index in [1.165, 1.54) is 10.6 Å². The summed E-state index contributed by atoms with van der Waals surface area (Å²) in [7, 11) is 0. The van der Waals surface area contributed by atoms with Crippen LogP contribution in [0.15, 0.2) is 84.0 Å². The second-order valence-electron chi connectivity index (χ2n) is 8.63. The summed E-state index contributed by atoms with van der Waals surface area (Å²) in [5.41, 5.74) is 3.36. The highest BCUT2D eigenvalue weighted by atomic mass is 19.2. The molecule has 7 nitrogen and oxygen atoms in total. The lowest BCUT2D eigenvalue weighted by Gasteiger charge is -2.14. The first-order valence-electron chi connectivity index (χ1n) is 11.7. The summed E-state index contributed by atoms with van der Waals surface area (Å²) in [5.74, 6) is -2.20. The zero-order valence-corrected chi connectivity index (χ0v) is 19.7. The molecule has 3 aromatic heterocycles. The molecule has 1 amide bonds. The Bertz CT molecular complexity index is 1600. The Labute approximate surface area is 210 Å². The van der Waals surface area contributed by atoms with Gasteiger partial charge in [-0.1, -0.05) is 36.4 Å². The first kappa shape index (κ1) is 24.1. The Morgan fingerprint density at radius 3 is 2.59 bits per heavy atom. The number of carbonyl (C=O) groups is 1. The second-order valence-corrected chi connectivity index (χ2v) is 8.63. The fraction of sp³-hybridized carbons (Fsp3) is 0.143. The van der Waals surface area contributed by atoms with Crippen molar-refractivity contribution in [2.24, 2.45) is 0 Å². The molecule has 2 N–H and O–H groups in total. The summed E-state index contributed by atoms with van der Waals surface area (Å²) >= 11 is 0. The smallest absolute Gasteiger partial charge is 0.273 e. The molecule has 0 saturated carbocycles. The minimum Gasteiger partial charge on any atom is -0.357 e. The molecular weight excluding hydrogens is 476 g/mol. The molecule has 37 heavy (non-hydrogen) atoms. The number of aryl methyl sites for hydroxylation is 2. The molecule has 0 aliphatic carbocycles. The summed E-state index contributed by atoms with van der Waals surface area (Å²) < 4.78 is 28.2. The molecule has 0 aliphatic heterocycles. The lowest BCUT2D eigenvalue weighted by molar-refractivity contribution is -0.121. The van der Waals surface area contributed by atoms with E-state index >= 15 is 0 Å². The first-order chi connectivity index (χ1) is 18.0. The third-order valence-corrected chi connectivity index (χ3v) is 6.08. The van der Waals surface area contributed by atoms with Crippen LogP contribution in [-0.2, 0) is 30.7 Å². The normalized spacial score (nSPS) is 11.1. The summed E-state index contributed by atoms with van der Waals surface area (Å²) in [5, 5.41) is 3.79. The number of fused-ring (bicyclic) bond motifs is 1. The largest absolute Gasteiger partial charge is 0.357 e. The Morgan fingerprint density at radius 2 is 1.81 bits per heavy atom. The highest BCUT2D eigenvalue weighted by Crippen LogP contribution is 2.18. The Kier molecular flexibility index (Phi) is 6.85. The van der Waals surface area contributed by atoms with Crippen LogP contribution >= 0.6 is 0 Å². The molecule has 2 aromatic carbocycles. The number of hydrogen-bond acceptors (Lipinski definition) is 4. The number of pyridine rings is 1. The number of amides is 1. The van der Waals surface area contributed by atoms with Gasteiger partial charge in [0.2, 0.25) is 5.91 Å². The molecule has 0 saturated heterocycles. The third kappa shape index (κ3) is 5.45. The van der Waals surface area contributed by atoms with Crippen molar-refractivity contribution in [1.29, 1.82) is 0 Å². The molecule has 9 heteroatoms. The number of carbonyl (C=O) groups excluding carboxylic acids is 1. The number of rotatable bonds is 8. The molecule has 0 bridgehead atoms. The molecule has 0 atom stereocenters. The summed E-state index contributed by atoms with van der Waals surface area (Å²) in [6.07, 6.45) is 5.50. The van der Waals surface area contributed by atoms with Gasteiger partial charge in [-0.05, 0) is 48.2 Å². The summed E-state index contributed by atoms with van der Waals surface area (Å²) in [4.78, 5) is 38.0. The topological polar surface area (TPSA) is 92.7 Å². The van der Waals surface area contributed by atoms with Crippen LogP contribution in [0.2, 0.25) is 0 Å². The maximum absolute atomic E-state index is 13.6. The maximum atomic E-state index is 13.6. The van der Waals surface area contributed by atoms with Crippen molar-refractivity contribution in [2.45, 2.75) is 25.9 Å². The van der Waals surface area contributed by atoms with Gasteiger partial charge in [0.25, 0.3) is 5.56 Å². The number of halogens is 2. The predicted molar refractivity (Wildman–Crippen MR) is 136 cm³/mol. The molecular formula is C28H23F2N5O2. The number of aromatic amines is 1. The van der Waals surface area contributed by atoms with Crippen LogP contribution in [0.25, 0.3) is 22.2 Å². The van der Waals surface area contributed by atoms with E-state index in [9.17, 15) is 18.4 Å². The van der Waals surface area contributed by atoms with Crippen molar-refractivity contribution in [1.82, 2.24) is 24.8 Å². The van der Waals surface area contributed by atoms with Gasteiger partial charge in [0.05, 0.1) is 18.4 Å². The monoisotopic (exact) mass is 499 g/mol. The van der Waals surface area contributed by atoms with Gasteiger partial charge in [0.15, 0.2) is 11.6 Å². The predicted octanol–water partition coefficient (Wildman–Crippen LogP) is 4.17. The van der Waals surface area contributed by atoms with E-state index in [-0.39, 0.29) is 31.1 Å².